The lowest BCUT2D eigenvalue weighted by Gasteiger charge is -2.22. The smallest absolute Gasteiger partial charge is 0.255 e. The summed E-state index contributed by atoms with van der Waals surface area (Å²) in [6, 6.07) is 23.2. The number of carbonyl (C=O) groups excluding carboxylic acids is 1. The van der Waals surface area contributed by atoms with E-state index >= 15 is 0 Å². The van der Waals surface area contributed by atoms with Crippen molar-refractivity contribution in [3.05, 3.63) is 94.5 Å². The van der Waals surface area contributed by atoms with Crippen molar-refractivity contribution in [2.45, 2.75) is 6.54 Å². The van der Waals surface area contributed by atoms with E-state index in [0.717, 1.165) is 10.0 Å². The van der Waals surface area contributed by atoms with E-state index in [4.69, 9.17) is 0 Å². The molecule has 0 aliphatic heterocycles. The summed E-state index contributed by atoms with van der Waals surface area (Å²) in [5.74, 6) is -0.271. The molecule has 0 unspecified atom stereocenters. The molecule has 1 N–H and O–H groups in total. The third-order valence-electron chi connectivity index (χ3n) is 4.11. The number of carbonyl (C=O) groups is 1. The Bertz CT molecular complexity index is 1070. The molecule has 5 nitrogen and oxygen atoms in total. The molecule has 0 atom stereocenters. The lowest BCUT2D eigenvalue weighted by molar-refractivity contribution is 0.102. The zero-order valence-corrected chi connectivity index (χ0v) is 17.6. The van der Waals surface area contributed by atoms with Crippen LogP contribution in [0, 0.1) is 0 Å². The monoisotopic (exact) mass is 458 g/mol. The van der Waals surface area contributed by atoms with Gasteiger partial charge < -0.3 is 5.32 Å². The van der Waals surface area contributed by atoms with Gasteiger partial charge in [0, 0.05) is 10.0 Å². The SMILES string of the molecule is CS(=O)(=O)N(Cc1ccccc1)c1ccc(C(=O)Nc2ccccc2Br)cc1. The molecule has 1 amide bonds. The Labute approximate surface area is 173 Å². The number of benzene rings is 3. The summed E-state index contributed by atoms with van der Waals surface area (Å²) in [6.07, 6.45) is 1.17. The number of hydrogen-bond donors (Lipinski definition) is 1. The standard InChI is InChI=1S/C21H19BrN2O3S/c1-28(26,27)24(15-16-7-3-2-4-8-16)18-13-11-17(12-14-18)21(25)23-20-10-6-5-9-19(20)22/h2-14H,15H2,1H3,(H,23,25). The largest absolute Gasteiger partial charge is 0.321 e. The van der Waals surface area contributed by atoms with Gasteiger partial charge in [0.15, 0.2) is 0 Å². The summed E-state index contributed by atoms with van der Waals surface area (Å²) in [5.41, 5.74) is 2.48. The van der Waals surface area contributed by atoms with Gasteiger partial charge in [-0.25, -0.2) is 8.42 Å². The minimum Gasteiger partial charge on any atom is -0.321 e. The van der Waals surface area contributed by atoms with Crippen molar-refractivity contribution in [2.75, 3.05) is 15.9 Å². The summed E-state index contributed by atoms with van der Waals surface area (Å²) >= 11 is 3.39. The zero-order chi connectivity index (χ0) is 20.1. The van der Waals surface area contributed by atoms with Gasteiger partial charge >= 0.3 is 0 Å². The highest BCUT2D eigenvalue weighted by molar-refractivity contribution is 9.10. The lowest BCUT2D eigenvalue weighted by Crippen LogP contribution is -2.29. The van der Waals surface area contributed by atoms with Gasteiger partial charge in [-0.05, 0) is 57.9 Å². The normalized spacial score (nSPS) is 11.1. The fourth-order valence-corrected chi connectivity index (χ4v) is 3.96. The number of nitrogens with one attached hydrogen (secondary N) is 1. The van der Waals surface area contributed by atoms with Gasteiger partial charge in [0.25, 0.3) is 5.91 Å². The van der Waals surface area contributed by atoms with Crippen molar-refractivity contribution < 1.29 is 13.2 Å². The lowest BCUT2D eigenvalue weighted by atomic mass is 10.1. The molecule has 0 aliphatic carbocycles. The van der Waals surface area contributed by atoms with Crippen molar-refractivity contribution in [2.24, 2.45) is 0 Å². The second kappa shape index (κ2) is 8.58. The van der Waals surface area contributed by atoms with Crippen LogP contribution in [-0.4, -0.2) is 20.6 Å². The van der Waals surface area contributed by atoms with Crippen LogP contribution < -0.4 is 9.62 Å². The highest BCUT2D eigenvalue weighted by Gasteiger charge is 2.18. The van der Waals surface area contributed by atoms with Crippen LogP contribution in [0.5, 0.6) is 0 Å². The Hall–Kier alpha value is -2.64. The summed E-state index contributed by atoms with van der Waals surface area (Å²) in [6.45, 7) is 0.224. The highest BCUT2D eigenvalue weighted by Crippen LogP contribution is 2.24. The molecule has 0 saturated heterocycles. The Balaban J connectivity index is 1.81. The molecule has 0 radical (unpaired) electrons. The third kappa shape index (κ3) is 4.99. The molecule has 3 rings (SSSR count). The average molecular weight is 459 g/mol. The zero-order valence-electron chi connectivity index (χ0n) is 15.2. The van der Waals surface area contributed by atoms with Crippen LogP contribution in [-0.2, 0) is 16.6 Å². The van der Waals surface area contributed by atoms with Crippen LogP contribution in [0.1, 0.15) is 15.9 Å². The molecule has 144 valence electrons. The Morgan fingerprint density at radius 3 is 2.14 bits per heavy atom. The maximum Gasteiger partial charge on any atom is 0.255 e. The first-order valence-electron chi connectivity index (χ1n) is 8.52. The van der Waals surface area contributed by atoms with Gasteiger partial charge in [-0.3, -0.25) is 9.10 Å². The van der Waals surface area contributed by atoms with Crippen LogP contribution in [0.4, 0.5) is 11.4 Å². The summed E-state index contributed by atoms with van der Waals surface area (Å²) in [7, 11) is -3.48. The van der Waals surface area contributed by atoms with E-state index in [1.807, 2.05) is 48.5 Å². The Morgan fingerprint density at radius 2 is 1.54 bits per heavy atom. The van der Waals surface area contributed by atoms with E-state index < -0.39 is 10.0 Å². The first-order valence-corrected chi connectivity index (χ1v) is 11.2. The Kier molecular flexibility index (Phi) is 6.16. The fraction of sp³-hybridized carbons (Fsp3) is 0.0952. The topological polar surface area (TPSA) is 66.5 Å². The van der Waals surface area contributed by atoms with Gasteiger partial charge in [-0.15, -0.1) is 0 Å². The van der Waals surface area contributed by atoms with Gasteiger partial charge in [0.05, 0.1) is 24.2 Å². The van der Waals surface area contributed by atoms with Crippen molar-refractivity contribution >= 4 is 43.2 Å². The van der Waals surface area contributed by atoms with Crippen LogP contribution in [0.2, 0.25) is 0 Å². The summed E-state index contributed by atoms with van der Waals surface area (Å²) in [5, 5.41) is 2.83. The van der Waals surface area contributed by atoms with Crippen molar-refractivity contribution in [1.82, 2.24) is 0 Å². The highest BCUT2D eigenvalue weighted by atomic mass is 79.9. The number of halogens is 1. The van der Waals surface area contributed by atoms with Crippen LogP contribution in [0.15, 0.2) is 83.3 Å². The quantitative estimate of drug-likeness (QED) is 0.583. The summed E-state index contributed by atoms with van der Waals surface area (Å²) in [4.78, 5) is 12.5. The maximum atomic E-state index is 12.5. The predicted molar refractivity (Wildman–Crippen MR) is 116 cm³/mol. The molecule has 0 bridgehead atoms. The second-order valence-corrected chi connectivity index (χ2v) is 9.00. The number of para-hydroxylation sites is 1. The van der Waals surface area contributed by atoms with E-state index in [9.17, 15) is 13.2 Å². The number of hydrogen-bond acceptors (Lipinski definition) is 3. The molecular weight excluding hydrogens is 440 g/mol. The second-order valence-electron chi connectivity index (χ2n) is 6.24. The Morgan fingerprint density at radius 1 is 0.929 bits per heavy atom. The van der Waals surface area contributed by atoms with Gasteiger partial charge in [0.1, 0.15) is 0 Å². The first-order chi connectivity index (χ1) is 13.3. The molecule has 0 aliphatic rings. The van der Waals surface area contributed by atoms with Crippen molar-refractivity contribution in [3.63, 3.8) is 0 Å². The van der Waals surface area contributed by atoms with E-state index in [1.165, 1.54) is 10.6 Å². The molecule has 3 aromatic carbocycles. The van der Waals surface area contributed by atoms with Crippen molar-refractivity contribution in [1.29, 1.82) is 0 Å². The average Bonchev–Trinajstić information content (AvgIpc) is 2.68. The molecule has 0 aromatic heterocycles. The minimum atomic E-state index is -3.48. The number of sulfonamides is 1. The third-order valence-corrected chi connectivity index (χ3v) is 5.94. The number of amides is 1. The maximum absolute atomic E-state index is 12.5. The molecular formula is C21H19BrN2O3S. The molecule has 0 fully saturated rings. The number of rotatable bonds is 6. The minimum absolute atomic E-state index is 0.224. The van der Waals surface area contributed by atoms with Crippen molar-refractivity contribution in [3.8, 4) is 0 Å². The molecule has 3 aromatic rings. The summed E-state index contributed by atoms with van der Waals surface area (Å²) < 4.78 is 26.7. The van der Waals surface area contributed by atoms with Crippen LogP contribution >= 0.6 is 15.9 Å². The number of anilines is 2. The molecule has 7 heteroatoms. The van der Waals surface area contributed by atoms with E-state index in [1.54, 1.807) is 30.3 Å². The fourth-order valence-electron chi connectivity index (χ4n) is 2.69. The number of nitrogens with zero attached hydrogens (tertiary/aromatic N) is 1. The van der Waals surface area contributed by atoms with E-state index in [-0.39, 0.29) is 12.5 Å². The van der Waals surface area contributed by atoms with Crippen LogP contribution in [0.3, 0.4) is 0 Å². The first kappa shape index (κ1) is 20.1. The van der Waals surface area contributed by atoms with E-state index in [2.05, 4.69) is 21.2 Å². The van der Waals surface area contributed by atoms with Crippen LogP contribution in [0.25, 0.3) is 0 Å². The van der Waals surface area contributed by atoms with Gasteiger partial charge in [0.2, 0.25) is 10.0 Å². The molecule has 0 heterocycles. The van der Waals surface area contributed by atoms with E-state index in [0.29, 0.717) is 16.9 Å². The van der Waals surface area contributed by atoms with Gasteiger partial charge in [-0.2, -0.15) is 0 Å². The molecule has 28 heavy (non-hydrogen) atoms. The molecule has 0 saturated carbocycles. The van der Waals surface area contributed by atoms with Gasteiger partial charge in [-0.1, -0.05) is 42.5 Å². The predicted octanol–water partition coefficient (Wildman–Crippen LogP) is 4.67. The molecule has 0 spiro atoms.